The highest BCUT2D eigenvalue weighted by Gasteiger charge is 2.51. The summed E-state index contributed by atoms with van der Waals surface area (Å²) in [6.45, 7) is 9.16. The lowest BCUT2D eigenvalue weighted by Gasteiger charge is -2.48. The van der Waals surface area contributed by atoms with E-state index in [4.69, 9.17) is 13.9 Å². The lowest BCUT2D eigenvalue weighted by atomic mass is 9.91. The second kappa shape index (κ2) is 9.83. The molecule has 178 valence electrons. The van der Waals surface area contributed by atoms with Crippen LogP contribution in [0.1, 0.15) is 66.2 Å². The molecule has 0 unspecified atom stereocenters. The fourth-order valence-corrected chi connectivity index (χ4v) is 10.3. The van der Waals surface area contributed by atoms with Crippen molar-refractivity contribution >= 4 is 24.5 Å². The molecule has 0 spiro atoms. The van der Waals surface area contributed by atoms with Gasteiger partial charge in [0.1, 0.15) is 5.78 Å². The van der Waals surface area contributed by atoms with Crippen LogP contribution in [-0.2, 0) is 18.7 Å². The Labute approximate surface area is 199 Å². The molecule has 2 saturated heterocycles. The number of fused-ring (bicyclic) bond motifs is 2. The highest BCUT2D eigenvalue weighted by atomic mass is 28.4. The van der Waals surface area contributed by atoms with E-state index in [0.29, 0.717) is 13.0 Å². The van der Waals surface area contributed by atoms with Crippen LogP contribution >= 0.6 is 0 Å². The molecule has 0 saturated carbocycles. The Morgan fingerprint density at radius 3 is 2.18 bits per heavy atom. The zero-order valence-corrected chi connectivity index (χ0v) is 21.5. The minimum atomic E-state index is -2.55. The van der Waals surface area contributed by atoms with E-state index in [0.717, 1.165) is 32.1 Å². The van der Waals surface area contributed by atoms with Crippen LogP contribution in [0.25, 0.3) is 0 Å². The fraction of sp³-hybridized carbons (Fsp3) is 0.536. The van der Waals surface area contributed by atoms with Crippen LogP contribution < -0.4 is 10.4 Å². The maximum atomic E-state index is 11.9. The van der Waals surface area contributed by atoms with Crippen LogP contribution in [0.4, 0.5) is 0 Å². The molecule has 2 aromatic rings. The second-order valence-electron chi connectivity index (χ2n) is 10.7. The molecule has 0 aliphatic carbocycles. The first-order valence-corrected chi connectivity index (χ1v) is 14.2. The molecule has 5 heteroatoms. The van der Waals surface area contributed by atoms with Gasteiger partial charge in [-0.05, 0) is 41.6 Å². The van der Waals surface area contributed by atoms with Crippen molar-refractivity contribution in [2.24, 2.45) is 0 Å². The third-order valence-electron chi connectivity index (χ3n) is 7.07. The Hall–Kier alpha value is -1.79. The summed E-state index contributed by atoms with van der Waals surface area (Å²) in [6.07, 6.45) is 5.18. The van der Waals surface area contributed by atoms with Gasteiger partial charge in [-0.1, -0.05) is 81.4 Å². The Morgan fingerprint density at radius 1 is 1.03 bits per heavy atom. The van der Waals surface area contributed by atoms with Crippen molar-refractivity contribution in [2.45, 2.75) is 89.3 Å². The van der Waals surface area contributed by atoms with E-state index in [1.165, 1.54) is 10.4 Å². The van der Waals surface area contributed by atoms with E-state index < -0.39 is 14.1 Å². The van der Waals surface area contributed by atoms with Crippen molar-refractivity contribution in [2.75, 3.05) is 6.61 Å². The molecule has 0 N–H and O–H groups in total. The van der Waals surface area contributed by atoms with Gasteiger partial charge in [-0.25, -0.2) is 0 Å². The molecule has 2 aromatic carbocycles. The first kappa shape index (κ1) is 24.3. The molecule has 2 aliphatic heterocycles. The average molecular weight is 467 g/mol. The molecule has 2 heterocycles. The quantitative estimate of drug-likeness (QED) is 0.515. The van der Waals surface area contributed by atoms with Crippen LogP contribution in [0.2, 0.25) is 5.04 Å². The molecule has 4 rings (SSSR count). The van der Waals surface area contributed by atoms with E-state index in [9.17, 15) is 4.79 Å². The first-order chi connectivity index (χ1) is 15.7. The molecule has 33 heavy (non-hydrogen) atoms. The zero-order chi connectivity index (χ0) is 23.5. The number of rotatable bonds is 8. The van der Waals surface area contributed by atoms with Gasteiger partial charge in [-0.15, -0.1) is 0 Å². The van der Waals surface area contributed by atoms with E-state index >= 15 is 0 Å². The Balaban J connectivity index is 1.56. The molecule has 3 atom stereocenters. The third kappa shape index (κ3) is 5.17. The third-order valence-corrected chi connectivity index (χ3v) is 12.1. The second-order valence-corrected chi connectivity index (χ2v) is 15.0. The molecular formula is C28H38O4Si. The lowest BCUT2D eigenvalue weighted by Crippen LogP contribution is -2.66. The molecule has 0 radical (unpaired) electrons. The minimum Gasteiger partial charge on any atom is -0.407 e. The minimum absolute atomic E-state index is 0.0431. The highest BCUT2D eigenvalue weighted by Crippen LogP contribution is 2.42. The Kier molecular flexibility index (Phi) is 7.25. The topological polar surface area (TPSA) is 44.8 Å². The normalized spacial score (nSPS) is 25.6. The average Bonchev–Trinajstić information content (AvgIpc) is 2.76. The molecule has 0 amide bonds. The van der Waals surface area contributed by atoms with Gasteiger partial charge in [0.2, 0.25) is 0 Å². The summed E-state index contributed by atoms with van der Waals surface area (Å²) in [5.74, 6) is -0.602. The number of carbonyl (C=O) groups is 1. The Bertz CT molecular complexity index is 884. The van der Waals surface area contributed by atoms with Crippen LogP contribution in [0.15, 0.2) is 60.7 Å². The van der Waals surface area contributed by atoms with Gasteiger partial charge in [0.25, 0.3) is 8.32 Å². The number of hydrogen-bond donors (Lipinski definition) is 0. The van der Waals surface area contributed by atoms with Gasteiger partial charge in [-0.3, -0.25) is 4.79 Å². The van der Waals surface area contributed by atoms with Crippen molar-refractivity contribution in [3.8, 4) is 0 Å². The zero-order valence-electron chi connectivity index (χ0n) is 20.5. The number of benzene rings is 2. The van der Waals surface area contributed by atoms with E-state index in [1.807, 2.05) is 0 Å². The van der Waals surface area contributed by atoms with Crippen molar-refractivity contribution in [3.05, 3.63) is 60.7 Å². The number of Topliss-reactive ketones (excluding diaryl/α,β-unsaturated/α-hetero) is 1. The smallest absolute Gasteiger partial charge is 0.261 e. The van der Waals surface area contributed by atoms with Crippen LogP contribution in [-0.4, -0.2) is 38.7 Å². The predicted molar refractivity (Wildman–Crippen MR) is 134 cm³/mol. The number of ketones is 1. The maximum Gasteiger partial charge on any atom is 0.261 e. The summed E-state index contributed by atoms with van der Waals surface area (Å²) in [7, 11) is -2.55. The molecule has 4 nitrogen and oxygen atoms in total. The summed E-state index contributed by atoms with van der Waals surface area (Å²) in [4.78, 5) is 11.9. The number of carbonyl (C=O) groups excluding carboxylic acids is 1. The Morgan fingerprint density at radius 2 is 1.64 bits per heavy atom. The monoisotopic (exact) mass is 466 g/mol. The maximum absolute atomic E-state index is 11.9. The summed E-state index contributed by atoms with van der Waals surface area (Å²) in [6, 6.07) is 21.5. The largest absolute Gasteiger partial charge is 0.407 e. The summed E-state index contributed by atoms with van der Waals surface area (Å²) >= 11 is 0. The van der Waals surface area contributed by atoms with Crippen LogP contribution in [0, 0.1) is 0 Å². The van der Waals surface area contributed by atoms with Gasteiger partial charge in [0.15, 0.2) is 5.79 Å². The summed E-state index contributed by atoms with van der Waals surface area (Å²) in [5, 5.41) is 2.54. The van der Waals surface area contributed by atoms with Crippen LogP contribution in [0.5, 0.6) is 0 Å². The summed E-state index contributed by atoms with van der Waals surface area (Å²) < 4.78 is 19.7. The number of hydrogen-bond acceptors (Lipinski definition) is 4. The van der Waals surface area contributed by atoms with Gasteiger partial charge >= 0.3 is 0 Å². The van der Waals surface area contributed by atoms with Gasteiger partial charge in [0.05, 0.1) is 18.6 Å². The highest BCUT2D eigenvalue weighted by molar-refractivity contribution is 6.99. The van der Waals surface area contributed by atoms with E-state index in [2.05, 4.69) is 81.4 Å². The predicted octanol–water partition coefficient (Wildman–Crippen LogP) is 4.99. The van der Waals surface area contributed by atoms with Crippen molar-refractivity contribution in [1.82, 2.24) is 0 Å². The molecule has 2 bridgehead atoms. The van der Waals surface area contributed by atoms with Crippen molar-refractivity contribution in [1.29, 1.82) is 0 Å². The standard InChI is InChI=1S/C28H38O4Si/c1-22(29)21-28-18-11-12-23(31-28)20-24(32-28)17-19-30-33(27(2,3)4,25-13-7-5-8-14-25)26-15-9-6-10-16-26/h5-10,13-16,23-24H,11-12,17-21H2,1-4H3/t23-,24+,28+/m0/s1. The van der Waals surface area contributed by atoms with Gasteiger partial charge in [-0.2, -0.15) is 0 Å². The van der Waals surface area contributed by atoms with E-state index in [1.54, 1.807) is 6.92 Å². The lowest BCUT2D eigenvalue weighted by molar-refractivity contribution is -0.335. The van der Waals surface area contributed by atoms with Gasteiger partial charge in [0, 0.05) is 19.4 Å². The summed E-state index contributed by atoms with van der Waals surface area (Å²) in [5.41, 5.74) is 0. The van der Waals surface area contributed by atoms with Crippen LogP contribution in [0.3, 0.4) is 0 Å². The fourth-order valence-electron chi connectivity index (χ4n) is 5.75. The van der Waals surface area contributed by atoms with Crippen molar-refractivity contribution < 1.29 is 18.7 Å². The van der Waals surface area contributed by atoms with Crippen molar-refractivity contribution in [3.63, 3.8) is 0 Å². The number of ether oxygens (including phenoxy) is 2. The van der Waals surface area contributed by atoms with E-state index in [-0.39, 0.29) is 23.0 Å². The molecule has 0 aromatic heterocycles. The molecule has 2 aliphatic rings. The molecular weight excluding hydrogens is 428 g/mol. The van der Waals surface area contributed by atoms with Gasteiger partial charge < -0.3 is 13.9 Å². The first-order valence-electron chi connectivity index (χ1n) is 12.3. The SMILES string of the molecule is CC(=O)C[C@@]12CCC[C@@H](C[C@@H](CCO[Si](c3ccccc3)(c3ccccc3)C(C)(C)C)O1)O2. The molecule has 2 fully saturated rings.